The van der Waals surface area contributed by atoms with Gasteiger partial charge < -0.3 is 5.11 Å². The highest BCUT2D eigenvalue weighted by atomic mass is 16.3. The van der Waals surface area contributed by atoms with Crippen LogP contribution in [0.15, 0.2) is 29.8 Å². The zero-order valence-electron chi connectivity index (χ0n) is 11.4. The molecular formula is C18H20O. The van der Waals surface area contributed by atoms with Gasteiger partial charge in [-0.15, -0.1) is 12.3 Å². The van der Waals surface area contributed by atoms with E-state index in [1.807, 2.05) is 30.3 Å². The molecule has 1 rings (SSSR count). The fraction of sp³-hybridized carbons (Fsp3) is 0.333. The minimum absolute atomic E-state index is 0.0226. The SMILES string of the molecule is C#CCCCCC#C/C(=C/c1ccc(C)cc1)CO. The predicted octanol–water partition coefficient (Wildman–Crippen LogP) is 3.57. The molecule has 1 aromatic rings. The molecule has 0 saturated carbocycles. The van der Waals surface area contributed by atoms with Crippen molar-refractivity contribution in [3.05, 3.63) is 41.0 Å². The summed E-state index contributed by atoms with van der Waals surface area (Å²) in [6.45, 7) is 2.03. The summed E-state index contributed by atoms with van der Waals surface area (Å²) in [4.78, 5) is 0. The third kappa shape index (κ3) is 6.51. The topological polar surface area (TPSA) is 20.2 Å². The third-order valence-corrected chi connectivity index (χ3v) is 2.71. The van der Waals surface area contributed by atoms with Gasteiger partial charge in [0, 0.05) is 18.4 Å². The second-order valence-corrected chi connectivity index (χ2v) is 4.45. The smallest absolute Gasteiger partial charge is 0.0760 e. The molecule has 0 aromatic heterocycles. The molecule has 0 saturated heterocycles. The van der Waals surface area contributed by atoms with Crippen LogP contribution in [0.2, 0.25) is 0 Å². The molecule has 0 aliphatic carbocycles. The van der Waals surface area contributed by atoms with E-state index in [1.165, 1.54) is 5.56 Å². The van der Waals surface area contributed by atoms with E-state index in [1.54, 1.807) is 0 Å². The van der Waals surface area contributed by atoms with E-state index >= 15 is 0 Å². The Balaban J connectivity index is 2.56. The highest BCUT2D eigenvalue weighted by molar-refractivity contribution is 5.58. The molecule has 0 aliphatic rings. The minimum Gasteiger partial charge on any atom is -0.391 e. The molecule has 0 atom stereocenters. The summed E-state index contributed by atoms with van der Waals surface area (Å²) in [6, 6.07) is 8.15. The van der Waals surface area contributed by atoms with Crippen molar-refractivity contribution in [2.24, 2.45) is 0 Å². The summed E-state index contributed by atoms with van der Waals surface area (Å²) in [5, 5.41) is 9.29. The number of terminal acetylenes is 1. The van der Waals surface area contributed by atoms with Crippen molar-refractivity contribution in [1.82, 2.24) is 0 Å². The maximum absolute atomic E-state index is 9.29. The molecule has 0 heterocycles. The van der Waals surface area contributed by atoms with Gasteiger partial charge in [0.2, 0.25) is 0 Å². The minimum atomic E-state index is -0.0226. The summed E-state index contributed by atoms with van der Waals surface area (Å²) in [5.74, 6) is 8.72. The first-order valence-electron chi connectivity index (χ1n) is 6.56. The Kier molecular flexibility index (Phi) is 7.18. The lowest BCUT2D eigenvalue weighted by molar-refractivity contribution is 0.337. The van der Waals surface area contributed by atoms with E-state index in [2.05, 4.69) is 24.7 Å². The fourth-order valence-corrected chi connectivity index (χ4v) is 1.60. The van der Waals surface area contributed by atoms with Crippen LogP contribution < -0.4 is 0 Å². The van der Waals surface area contributed by atoms with Crippen LogP contribution >= 0.6 is 0 Å². The largest absolute Gasteiger partial charge is 0.391 e. The molecule has 0 spiro atoms. The summed E-state index contributed by atoms with van der Waals surface area (Å²) >= 11 is 0. The Morgan fingerprint density at radius 2 is 1.89 bits per heavy atom. The molecular weight excluding hydrogens is 232 g/mol. The summed E-state index contributed by atoms with van der Waals surface area (Å²) in [5.41, 5.74) is 3.04. The highest BCUT2D eigenvalue weighted by Gasteiger charge is 1.92. The first kappa shape index (κ1) is 15.1. The molecule has 1 nitrogen and oxygen atoms in total. The number of hydrogen-bond acceptors (Lipinski definition) is 1. The van der Waals surface area contributed by atoms with Crippen LogP contribution in [0.4, 0.5) is 0 Å². The summed E-state index contributed by atoms with van der Waals surface area (Å²) < 4.78 is 0. The predicted molar refractivity (Wildman–Crippen MR) is 81.3 cm³/mol. The van der Waals surface area contributed by atoms with Crippen molar-refractivity contribution in [2.75, 3.05) is 6.61 Å². The lowest BCUT2D eigenvalue weighted by atomic mass is 10.1. The molecule has 0 radical (unpaired) electrons. The van der Waals surface area contributed by atoms with Gasteiger partial charge in [-0.3, -0.25) is 0 Å². The van der Waals surface area contributed by atoms with Crippen LogP contribution in [0.25, 0.3) is 6.08 Å². The molecule has 98 valence electrons. The summed E-state index contributed by atoms with van der Waals surface area (Å²) in [6.07, 6.45) is 10.8. The molecule has 0 unspecified atom stereocenters. The monoisotopic (exact) mass is 252 g/mol. The lowest BCUT2D eigenvalue weighted by Gasteiger charge is -1.97. The van der Waals surface area contributed by atoms with E-state index in [0.717, 1.165) is 36.8 Å². The highest BCUT2D eigenvalue weighted by Crippen LogP contribution is 2.08. The Morgan fingerprint density at radius 3 is 2.53 bits per heavy atom. The molecule has 1 aromatic carbocycles. The van der Waals surface area contributed by atoms with E-state index < -0.39 is 0 Å². The van der Waals surface area contributed by atoms with E-state index in [4.69, 9.17) is 6.42 Å². The Bertz CT molecular complexity index is 503. The van der Waals surface area contributed by atoms with Crippen LogP contribution in [0.1, 0.15) is 36.8 Å². The van der Waals surface area contributed by atoms with Gasteiger partial charge in [-0.05, 0) is 31.4 Å². The quantitative estimate of drug-likeness (QED) is 0.627. The van der Waals surface area contributed by atoms with E-state index in [-0.39, 0.29) is 6.61 Å². The summed E-state index contributed by atoms with van der Waals surface area (Å²) in [7, 11) is 0. The van der Waals surface area contributed by atoms with Gasteiger partial charge in [0.1, 0.15) is 0 Å². The van der Waals surface area contributed by atoms with Crippen molar-refractivity contribution in [3.63, 3.8) is 0 Å². The van der Waals surface area contributed by atoms with E-state index in [9.17, 15) is 5.11 Å². The molecule has 0 amide bonds. The van der Waals surface area contributed by atoms with Crippen molar-refractivity contribution >= 4 is 6.08 Å². The Hall–Kier alpha value is -1.96. The Labute approximate surface area is 116 Å². The van der Waals surface area contributed by atoms with Crippen molar-refractivity contribution in [2.45, 2.75) is 32.6 Å². The van der Waals surface area contributed by atoms with Crippen LogP contribution in [-0.2, 0) is 0 Å². The van der Waals surface area contributed by atoms with Crippen molar-refractivity contribution < 1.29 is 5.11 Å². The zero-order valence-corrected chi connectivity index (χ0v) is 11.4. The number of aliphatic hydroxyl groups excluding tert-OH is 1. The van der Waals surface area contributed by atoms with Gasteiger partial charge in [0.25, 0.3) is 0 Å². The van der Waals surface area contributed by atoms with E-state index in [0.29, 0.717) is 0 Å². The van der Waals surface area contributed by atoms with Crippen molar-refractivity contribution in [1.29, 1.82) is 0 Å². The van der Waals surface area contributed by atoms with Gasteiger partial charge in [-0.1, -0.05) is 41.7 Å². The Morgan fingerprint density at radius 1 is 1.21 bits per heavy atom. The molecule has 1 heteroatoms. The van der Waals surface area contributed by atoms with Gasteiger partial charge in [0.15, 0.2) is 0 Å². The fourth-order valence-electron chi connectivity index (χ4n) is 1.60. The number of unbranched alkanes of at least 4 members (excludes halogenated alkanes) is 3. The lowest BCUT2D eigenvalue weighted by Crippen LogP contribution is -1.87. The maximum atomic E-state index is 9.29. The molecule has 1 N–H and O–H groups in total. The first-order valence-corrected chi connectivity index (χ1v) is 6.56. The second kappa shape index (κ2) is 9.03. The second-order valence-electron chi connectivity index (χ2n) is 4.45. The number of hydrogen-bond donors (Lipinski definition) is 1. The molecule has 0 bridgehead atoms. The normalized spacial score (nSPS) is 10.5. The van der Waals surface area contributed by atoms with Gasteiger partial charge >= 0.3 is 0 Å². The average Bonchev–Trinajstić information content (AvgIpc) is 2.43. The van der Waals surface area contributed by atoms with Crippen LogP contribution in [0.5, 0.6) is 0 Å². The van der Waals surface area contributed by atoms with Gasteiger partial charge in [-0.2, -0.15) is 0 Å². The van der Waals surface area contributed by atoms with Crippen LogP contribution in [0.3, 0.4) is 0 Å². The molecule has 0 aliphatic heterocycles. The zero-order chi connectivity index (χ0) is 13.9. The van der Waals surface area contributed by atoms with Crippen molar-refractivity contribution in [3.8, 4) is 24.2 Å². The van der Waals surface area contributed by atoms with Gasteiger partial charge in [-0.25, -0.2) is 0 Å². The maximum Gasteiger partial charge on any atom is 0.0760 e. The molecule has 0 fully saturated rings. The van der Waals surface area contributed by atoms with Crippen LogP contribution in [0, 0.1) is 31.1 Å². The molecule has 19 heavy (non-hydrogen) atoms. The standard InChI is InChI=1S/C18H20O/c1-3-4-5-6-7-8-9-18(15-19)14-17-12-10-16(2)11-13-17/h1,10-14,19H,4-7,15H2,2H3/b18-14-. The number of aliphatic hydroxyl groups is 1. The van der Waals surface area contributed by atoms with Gasteiger partial charge in [0.05, 0.1) is 6.61 Å². The number of aryl methyl sites for hydroxylation is 1. The first-order chi connectivity index (χ1) is 9.26. The number of rotatable bonds is 5. The number of benzene rings is 1. The van der Waals surface area contributed by atoms with Crippen LogP contribution in [-0.4, -0.2) is 11.7 Å². The third-order valence-electron chi connectivity index (χ3n) is 2.71. The average molecular weight is 252 g/mol.